The molecule has 1 rings (SSSR count). The van der Waals surface area contributed by atoms with E-state index in [2.05, 4.69) is 5.32 Å². The van der Waals surface area contributed by atoms with E-state index < -0.39 is 5.97 Å². The zero-order valence-electron chi connectivity index (χ0n) is 11.9. The third-order valence-corrected chi connectivity index (χ3v) is 2.86. The molecule has 0 aliphatic rings. The van der Waals surface area contributed by atoms with Crippen molar-refractivity contribution in [2.24, 2.45) is 0 Å². The zero-order chi connectivity index (χ0) is 15.0. The van der Waals surface area contributed by atoms with E-state index in [0.29, 0.717) is 13.0 Å². The Kier molecular flexibility index (Phi) is 6.56. The van der Waals surface area contributed by atoms with Crippen LogP contribution in [-0.2, 0) is 9.59 Å². The van der Waals surface area contributed by atoms with E-state index in [1.807, 2.05) is 38.1 Å². The van der Waals surface area contributed by atoms with Crippen molar-refractivity contribution >= 4 is 11.9 Å². The number of carbonyl (C=O) groups excluding carboxylic acids is 1. The van der Waals surface area contributed by atoms with Crippen molar-refractivity contribution < 1.29 is 19.4 Å². The zero-order valence-corrected chi connectivity index (χ0v) is 11.9. The van der Waals surface area contributed by atoms with Gasteiger partial charge in [0, 0.05) is 12.8 Å². The van der Waals surface area contributed by atoms with Crippen molar-refractivity contribution in [3.8, 4) is 5.75 Å². The van der Waals surface area contributed by atoms with Gasteiger partial charge in [-0.25, -0.2) is 0 Å². The van der Waals surface area contributed by atoms with Crippen LogP contribution in [0.1, 0.15) is 44.7 Å². The minimum atomic E-state index is -0.877. The number of carboxylic acid groups (broad SMARTS) is 1. The second-order valence-electron chi connectivity index (χ2n) is 4.54. The third kappa shape index (κ3) is 5.73. The summed E-state index contributed by atoms with van der Waals surface area (Å²) in [7, 11) is 0. The molecule has 0 saturated carbocycles. The number of nitrogens with one attached hydrogen (secondary N) is 1. The number of rotatable bonds is 8. The molecule has 0 heterocycles. The van der Waals surface area contributed by atoms with Crippen LogP contribution in [0.3, 0.4) is 0 Å². The quantitative estimate of drug-likeness (QED) is 0.766. The first-order valence-electron chi connectivity index (χ1n) is 6.76. The van der Waals surface area contributed by atoms with Crippen molar-refractivity contribution in [3.05, 3.63) is 29.8 Å². The van der Waals surface area contributed by atoms with Gasteiger partial charge in [0.2, 0.25) is 5.91 Å². The number of amides is 1. The highest BCUT2D eigenvalue weighted by Crippen LogP contribution is 2.17. The molecule has 110 valence electrons. The highest BCUT2D eigenvalue weighted by Gasteiger charge is 2.10. The van der Waals surface area contributed by atoms with Crippen molar-refractivity contribution in [1.29, 1.82) is 0 Å². The molecule has 1 aromatic carbocycles. The summed E-state index contributed by atoms with van der Waals surface area (Å²) in [6.45, 7) is 4.44. The number of aliphatic carboxylic acids is 1. The Labute approximate surface area is 118 Å². The maximum Gasteiger partial charge on any atom is 0.303 e. The Morgan fingerprint density at radius 3 is 2.45 bits per heavy atom. The molecule has 0 aliphatic heterocycles. The molecule has 2 N–H and O–H groups in total. The average molecular weight is 279 g/mol. The molecular formula is C15H21NO4. The lowest BCUT2D eigenvalue weighted by atomic mass is 10.1. The van der Waals surface area contributed by atoms with Gasteiger partial charge < -0.3 is 15.2 Å². The average Bonchev–Trinajstić information content (AvgIpc) is 2.39. The fourth-order valence-corrected chi connectivity index (χ4v) is 1.82. The molecule has 1 aromatic rings. The summed E-state index contributed by atoms with van der Waals surface area (Å²) < 4.78 is 5.35. The van der Waals surface area contributed by atoms with E-state index in [1.165, 1.54) is 0 Å². The lowest BCUT2D eigenvalue weighted by Gasteiger charge is -2.14. The maximum absolute atomic E-state index is 11.6. The second kappa shape index (κ2) is 8.19. The van der Waals surface area contributed by atoms with Gasteiger partial charge in [-0.2, -0.15) is 0 Å². The van der Waals surface area contributed by atoms with Gasteiger partial charge in [0.25, 0.3) is 0 Å². The van der Waals surface area contributed by atoms with E-state index in [-0.39, 0.29) is 24.8 Å². The predicted octanol–water partition coefficient (Wildman–Crippen LogP) is 2.52. The number of benzene rings is 1. The first-order valence-corrected chi connectivity index (χ1v) is 6.76. The lowest BCUT2D eigenvalue weighted by Crippen LogP contribution is -2.26. The van der Waals surface area contributed by atoms with Crippen LogP contribution >= 0.6 is 0 Å². The smallest absolute Gasteiger partial charge is 0.303 e. The van der Waals surface area contributed by atoms with Crippen LogP contribution < -0.4 is 10.1 Å². The van der Waals surface area contributed by atoms with Crippen molar-refractivity contribution in [1.82, 2.24) is 5.32 Å². The van der Waals surface area contributed by atoms with Gasteiger partial charge in [-0.3, -0.25) is 9.59 Å². The van der Waals surface area contributed by atoms with Gasteiger partial charge in [-0.05, 0) is 38.0 Å². The number of carboxylic acids is 1. The van der Waals surface area contributed by atoms with E-state index in [0.717, 1.165) is 11.3 Å². The summed E-state index contributed by atoms with van der Waals surface area (Å²) >= 11 is 0. The standard InChI is InChI=1S/C15H21NO4/c1-3-20-13-9-7-12(8-10-13)11(2)16-14(17)5-4-6-15(18)19/h7-11H,3-6H2,1-2H3,(H,16,17)(H,18,19). The normalized spacial score (nSPS) is 11.7. The summed E-state index contributed by atoms with van der Waals surface area (Å²) in [5.41, 5.74) is 0.986. The highest BCUT2D eigenvalue weighted by atomic mass is 16.5. The second-order valence-corrected chi connectivity index (χ2v) is 4.54. The van der Waals surface area contributed by atoms with Crippen molar-refractivity contribution in [3.63, 3.8) is 0 Å². The van der Waals surface area contributed by atoms with E-state index in [4.69, 9.17) is 9.84 Å². The van der Waals surface area contributed by atoms with Crippen LogP contribution in [0.25, 0.3) is 0 Å². The molecule has 0 saturated heterocycles. The summed E-state index contributed by atoms with van der Waals surface area (Å²) in [4.78, 5) is 22.0. The predicted molar refractivity (Wildman–Crippen MR) is 75.7 cm³/mol. The molecule has 0 bridgehead atoms. The fraction of sp³-hybridized carbons (Fsp3) is 0.467. The summed E-state index contributed by atoms with van der Waals surface area (Å²) in [6, 6.07) is 7.45. The minimum absolute atomic E-state index is 0.0187. The van der Waals surface area contributed by atoms with Gasteiger partial charge in [0.05, 0.1) is 12.6 Å². The molecule has 20 heavy (non-hydrogen) atoms. The van der Waals surface area contributed by atoms with Gasteiger partial charge in [0.15, 0.2) is 0 Å². The van der Waals surface area contributed by atoms with E-state index in [1.54, 1.807) is 0 Å². The molecule has 1 amide bonds. The van der Waals surface area contributed by atoms with Crippen LogP contribution in [0.15, 0.2) is 24.3 Å². The fourth-order valence-electron chi connectivity index (χ4n) is 1.82. The Morgan fingerprint density at radius 2 is 1.90 bits per heavy atom. The number of carbonyl (C=O) groups is 2. The van der Waals surface area contributed by atoms with Gasteiger partial charge in [-0.15, -0.1) is 0 Å². The first kappa shape index (κ1) is 16.0. The Bertz CT molecular complexity index is 442. The minimum Gasteiger partial charge on any atom is -0.494 e. The summed E-state index contributed by atoms with van der Waals surface area (Å²) in [5.74, 6) is -0.207. The Balaban J connectivity index is 2.42. The molecule has 1 unspecified atom stereocenters. The largest absolute Gasteiger partial charge is 0.494 e. The first-order chi connectivity index (χ1) is 9.52. The molecule has 0 fully saturated rings. The number of hydrogen-bond donors (Lipinski definition) is 2. The maximum atomic E-state index is 11.6. The molecule has 0 aromatic heterocycles. The van der Waals surface area contributed by atoms with Gasteiger partial charge >= 0.3 is 5.97 Å². The van der Waals surface area contributed by atoms with Crippen LogP contribution in [0.5, 0.6) is 5.75 Å². The number of ether oxygens (including phenoxy) is 1. The summed E-state index contributed by atoms with van der Waals surface area (Å²) in [6.07, 6.45) is 0.607. The number of hydrogen-bond acceptors (Lipinski definition) is 3. The Morgan fingerprint density at radius 1 is 1.25 bits per heavy atom. The van der Waals surface area contributed by atoms with Crippen molar-refractivity contribution in [2.75, 3.05) is 6.61 Å². The van der Waals surface area contributed by atoms with Gasteiger partial charge in [-0.1, -0.05) is 12.1 Å². The van der Waals surface area contributed by atoms with Crippen LogP contribution in [0.4, 0.5) is 0 Å². The van der Waals surface area contributed by atoms with Crippen LogP contribution in [0, 0.1) is 0 Å². The molecule has 0 spiro atoms. The monoisotopic (exact) mass is 279 g/mol. The van der Waals surface area contributed by atoms with E-state index in [9.17, 15) is 9.59 Å². The molecular weight excluding hydrogens is 258 g/mol. The van der Waals surface area contributed by atoms with Crippen molar-refractivity contribution in [2.45, 2.75) is 39.2 Å². The van der Waals surface area contributed by atoms with E-state index >= 15 is 0 Å². The SMILES string of the molecule is CCOc1ccc(C(C)NC(=O)CCCC(=O)O)cc1. The lowest BCUT2D eigenvalue weighted by molar-refractivity contribution is -0.137. The third-order valence-electron chi connectivity index (χ3n) is 2.86. The van der Waals surface area contributed by atoms with Crippen LogP contribution in [-0.4, -0.2) is 23.6 Å². The van der Waals surface area contributed by atoms with Gasteiger partial charge in [0.1, 0.15) is 5.75 Å². The Hall–Kier alpha value is -2.04. The molecule has 1 atom stereocenters. The summed E-state index contributed by atoms with van der Waals surface area (Å²) in [5, 5.41) is 11.4. The molecule has 5 heteroatoms. The highest BCUT2D eigenvalue weighted by molar-refractivity contribution is 5.77. The van der Waals surface area contributed by atoms with Crippen LogP contribution in [0.2, 0.25) is 0 Å². The molecule has 5 nitrogen and oxygen atoms in total. The molecule has 0 aliphatic carbocycles. The topological polar surface area (TPSA) is 75.6 Å². The molecule has 0 radical (unpaired) electrons.